The average molecular weight is 384 g/mol. The van der Waals surface area contributed by atoms with Crippen LogP contribution in [-0.4, -0.2) is 47.8 Å². The minimum absolute atomic E-state index is 0.359. The molecule has 0 amide bonds. The Morgan fingerprint density at radius 3 is 2.46 bits per heavy atom. The second-order valence-corrected chi connectivity index (χ2v) is 8.15. The molecule has 1 aliphatic heterocycles. The Balaban J connectivity index is 2.35. The lowest BCUT2D eigenvalue weighted by atomic mass is 9.98. The normalized spacial score (nSPS) is 15.1. The standard InChI is InChI=1S/C22H28N2O4/c1-14-15-10-7-8-12-17(15)24(21(26)28-22(2,3)4)18(14)19-16(20(25)27-6)11-9-13-23(19)5/h7-8,10,12H,9,11,13H2,1-6H3. The van der Waals surface area contributed by atoms with Crippen LogP contribution >= 0.6 is 0 Å². The first-order chi connectivity index (χ1) is 13.2. The van der Waals surface area contributed by atoms with Crippen LogP contribution in [0.15, 0.2) is 29.8 Å². The van der Waals surface area contributed by atoms with E-state index in [4.69, 9.17) is 9.47 Å². The van der Waals surface area contributed by atoms with E-state index >= 15 is 0 Å². The summed E-state index contributed by atoms with van der Waals surface area (Å²) in [5.41, 5.74) is 3.08. The molecule has 1 aromatic carbocycles. The van der Waals surface area contributed by atoms with E-state index in [1.807, 2.05) is 63.9 Å². The molecule has 0 spiro atoms. The molecule has 0 aliphatic carbocycles. The highest BCUT2D eigenvalue weighted by Gasteiger charge is 2.32. The van der Waals surface area contributed by atoms with E-state index in [0.717, 1.165) is 35.1 Å². The minimum atomic E-state index is -0.633. The van der Waals surface area contributed by atoms with Crippen LogP contribution in [0, 0.1) is 6.92 Å². The number of rotatable bonds is 2. The predicted octanol–water partition coefficient (Wildman–Crippen LogP) is 4.34. The van der Waals surface area contributed by atoms with Crippen molar-refractivity contribution < 1.29 is 19.1 Å². The molecule has 6 heteroatoms. The lowest BCUT2D eigenvalue weighted by Crippen LogP contribution is -2.32. The number of esters is 1. The van der Waals surface area contributed by atoms with Gasteiger partial charge in [0.1, 0.15) is 5.60 Å². The van der Waals surface area contributed by atoms with Crippen molar-refractivity contribution in [3.8, 4) is 0 Å². The summed E-state index contributed by atoms with van der Waals surface area (Å²) < 4.78 is 12.3. The first-order valence-corrected chi connectivity index (χ1v) is 9.52. The Kier molecular flexibility index (Phi) is 5.24. The third-order valence-corrected chi connectivity index (χ3v) is 4.95. The van der Waals surface area contributed by atoms with Crippen molar-refractivity contribution in [3.63, 3.8) is 0 Å². The van der Waals surface area contributed by atoms with E-state index in [2.05, 4.69) is 0 Å². The Labute approximate surface area is 165 Å². The lowest BCUT2D eigenvalue weighted by molar-refractivity contribution is -0.136. The number of aromatic nitrogens is 1. The Bertz CT molecular complexity index is 963. The molecule has 150 valence electrons. The smallest absolute Gasteiger partial charge is 0.419 e. The fraction of sp³-hybridized carbons (Fsp3) is 0.455. The molecular formula is C22H28N2O4. The molecule has 0 atom stereocenters. The van der Waals surface area contributed by atoms with Crippen LogP contribution in [0.5, 0.6) is 0 Å². The van der Waals surface area contributed by atoms with Gasteiger partial charge in [-0.3, -0.25) is 0 Å². The first kappa shape index (κ1) is 20.0. The molecule has 0 radical (unpaired) electrons. The SMILES string of the molecule is COC(=O)C1=C(c2c(C)c3ccccc3n2C(=O)OC(C)(C)C)N(C)CCC1. The van der Waals surface area contributed by atoms with Crippen LogP contribution in [-0.2, 0) is 14.3 Å². The number of nitrogens with zero attached hydrogens (tertiary/aromatic N) is 2. The molecule has 0 saturated heterocycles. The second kappa shape index (κ2) is 7.34. The van der Waals surface area contributed by atoms with E-state index in [1.165, 1.54) is 7.11 Å². The van der Waals surface area contributed by atoms with Gasteiger partial charge in [0.05, 0.1) is 29.6 Å². The summed E-state index contributed by atoms with van der Waals surface area (Å²) in [5.74, 6) is -0.359. The molecule has 0 fully saturated rings. The highest BCUT2D eigenvalue weighted by atomic mass is 16.6. The fourth-order valence-electron chi connectivity index (χ4n) is 3.78. The molecule has 0 bridgehead atoms. The maximum atomic E-state index is 13.2. The van der Waals surface area contributed by atoms with Crippen molar-refractivity contribution in [1.82, 2.24) is 9.47 Å². The Morgan fingerprint density at radius 2 is 1.82 bits per heavy atom. The Hall–Kier alpha value is -2.76. The highest BCUT2D eigenvalue weighted by Crippen LogP contribution is 2.37. The number of para-hydroxylation sites is 1. The van der Waals surface area contributed by atoms with E-state index in [0.29, 0.717) is 17.7 Å². The van der Waals surface area contributed by atoms with Crippen molar-refractivity contribution in [2.45, 2.75) is 46.1 Å². The minimum Gasteiger partial charge on any atom is -0.466 e. The number of hydrogen-bond donors (Lipinski definition) is 0. The van der Waals surface area contributed by atoms with Crippen LogP contribution in [0.4, 0.5) is 4.79 Å². The van der Waals surface area contributed by atoms with E-state index in [-0.39, 0.29) is 5.97 Å². The summed E-state index contributed by atoms with van der Waals surface area (Å²) in [6.07, 6.45) is 1.01. The second-order valence-electron chi connectivity index (χ2n) is 8.15. The fourth-order valence-corrected chi connectivity index (χ4v) is 3.78. The maximum Gasteiger partial charge on any atom is 0.419 e. The first-order valence-electron chi connectivity index (χ1n) is 9.52. The van der Waals surface area contributed by atoms with Gasteiger partial charge < -0.3 is 14.4 Å². The van der Waals surface area contributed by atoms with Crippen molar-refractivity contribution >= 4 is 28.7 Å². The van der Waals surface area contributed by atoms with Crippen LogP contribution in [0.2, 0.25) is 0 Å². The van der Waals surface area contributed by atoms with Gasteiger partial charge >= 0.3 is 12.1 Å². The number of carbonyl (C=O) groups excluding carboxylic acids is 2. The zero-order chi connectivity index (χ0) is 20.6. The molecular weight excluding hydrogens is 356 g/mol. The third kappa shape index (κ3) is 3.51. The van der Waals surface area contributed by atoms with Crippen molar-refractivity contribution in [3.05, 3.63) is 41.1 Å². The lowest BCUT2D eigenvalue weighted by Gasteiger charge is -2.31. The van der Waals surface area contributed by atoms with Gasteiger partial charge in [0.25, 0.3) is 0 Å². The van der Waals surface area contributed by atoms with E-state index in [9.17, 15) is 9.59 Å². The summed E-state index contributed by atoms with van der Waals surface area (Å²) in [6, 6.07) is 7.72. The number of aryl methyl sites for hydroxylation is 1. The maximum absolute atomic E-state index is 13.2. The molecule has 3 rings (SSSR count). The molecule has 1 aliphatic rings. The number of fused-ring (bicyclic) bond motifs is 1. The highest BCUT2D eigenvalue weighted by molar-refractivity contribution is 6.03. The molecule has 6 nitrogen and oxygen atoms in total. The molecule has 2 heterocycles. The number of benzene rings is 1. The average Bonchev–Trinajstić information content (AvgIpc) is 2.92. The molecule has 1 aromatic heterocycles. The zero-order valence-electron chi connectivity index (χ0n) is 17.5. The Morgan fingerprint density at radius 1 is 1.14 bits per heavy atom. The van der Waals surface area contributed by atoms with Gasteiger partial charge in [-0.25, -0.2) is 14.2 Å². The van der Waals surface area contributed by atoms with Gasteiger partial charge in [-0.15, -0.1) is 0 Å². The van der Waals surface area contributed by atoms with E-state index in [1.54, 1.807) is 4.57 Å². The zero-order valence-corrected chi connectivity index (χ0v) is 17.5. The molecule has 2 aromatic rings. The molecule has 0 N–H and O–H groups in total. The third-order valence-electron chi connectivity index (χ3n) is 4.95. The van der Waals surface area contributed by atoms with Crippen LogP contribution in [0.25, 0.3) is 16.6 Å². The van der Waals surface area contributed by atoms with Gasteiger partial charge in [-0.2, -0.15) is 0 Å². The van der Waals surface area contributed by atoms with Crippen LogP contribution in [0.1, 0.15) is 44.9 Å². The van der Waals surface area contributed by atoms with Gasteiger partial charge in [0.2, 0.25) is 0 Å². The van der Waals surface area contributed by atoms with Crippen molar-refractivity contribution in [2.24, 2.45) is 0 Å². The van der Waals surface area contributed by atoms with E-state index < -0.39 is 11.7 Å². The number of carbonyl (C=O) groups is 2. The largest absolute Gasteiger partial charge is 0.466 e. The summed E-state index contributed by atoms with van der Waals surface area (Å²) >= 11 is 0. The van der Waals surface area contributed by atoms with Gasteiger partial charge in [0, 0.05) is 19.0 Å². The van der Waals surface area contributed by atoms with Crippen LogP contribution < -0.4 is 0 Å². The summed E-state index contributed by atoms with van der Waals surface area (Å²) in [6.45, 7) is 8.30. The van der Waals surface area contributed by atoms with Crippen molar-refractivity contribution in [1.29, 1.82) is 0 Å². The van der Waals surface area contributed by atoms with Gasteiger partial charge in [-0.05, 0) is 52.2 Å². The number of methoxy groups -OCH3 is 1. The summed E-state index contributed by atoms with van der Waals surface area (Å²) in [5, 5.41) is 0.957. The molecule has 28 heavy (non-hydrogen) atoms. The van der Waals surface area contributed by atoms with Crippen LogP contribution in [0.3, 0.4) is 0 Å². The number of hydrogen-bond acceptors (Lipinski definition) is 5. The topological polar surface area (TPSA) is 60.8 Å². The van der Waals surface area contributed by atoms with Gasteiger partial charge in [0.15, 0.2) is 0 Å². The van der Waals surface area contributed by atoms with Crippen molar-refractivity contribution in [2.75, 3.05) is 20.7 Å². The van der Waals surface area contributed by atoms with Gasteiger partial charge in [-0.1, -0.05) is 18.2 Å². The predicted molar refractivity (Wildman–Crippen MR) is 109 cm³/mol. The quantitative estimate of drug-likeness (QED) is 0.721. The number of ether oxygens (including phenoxy) is 2. The molecule has 0 saturated carbocycles. The monoisotopic (exact) mass is 384 g/mol. The summed E-state index contributed by atoms with van der Waals surface area (Å²) in [4.78, 5) is 27.7. The summed E-state index contributed by atoms with van der Waals surface area (Å²) in [7, 11) is 3.33. The molecule has 0 unspecified atom stereocenters.